The zero-order chi connectivity index (χ0) is 28.0. The van der Waals surface area contributed by atoms with E-state index in [1.807, 2.05) is 48.5 Å². The Morgan fingerprint density at radius 2 is 0.927 bits per heavy atom. The molecule has 41 heavy (non-hydrogen) atoms. The minimum Gasteiger partial charge on any atom is -0.456 e. The Hall–Kier alpha value is -5.09. The van der Waals surface area contributed by atoms with E-state index in [-0.39, 0.29) is 5.41 Å². The molecule has 0 bridgehead atoms. The van der Waals surface area contributed by atoms with Crippen molar-refractivity contribution in [2.45, 2.75) is 26.2 Å². The largest absolute Gasteiger partial charge is 0.456 e. The van der Waals surface area contributed by atoms with Crippen molar-refractivity contribution in [2.24, 2.45) is 0 Å². The van der Waals surface area contributed by atoms with Crippen LogP contribution in [0, 0.1) is 0 Å². The average Bonchev–Trinajstić information content (AvgIpc) is 3.39. The summed E-state index contributed by atoms with van der Waals surface area (Å²) in [5, 5.41) is 2.26. The number of furan rings is 1. The minimum absolute atomic E-state index is 0.0780. The molecule has 2 aromatic heterocycles. The highest BCUT2D eigenvalue weighted by atomic mass is 16.3. The number of fused-ring (bicyclic) bond motifs is 3. The molecule has 0 aliphatic heterocycles. The second kappa shape index (κ2) is 9.83. The van der Waals surface area contributed by atoms with Crippen molar-refractivity contribution in [3.8, 4) is 45.3 Å². The van der Waals surface area contributed by atoms with E-state index >= 15 is 0 Å². The second-order valence-corrected chi connectivity index (χ2v) is 11.4. The second-order valence-electron chi connectivity index (χ2n) is 11.4. The van der Waals surface area contributed by atoms with Gasteiger partial charge in [-0.25, -0.2) is 15.0 Å². The van der Waals surface area contributed by atoms with Crippen molar-refractivity contribution >= 4 is 21.9 Å². The highest BCUT2D eigenvalue weighted by Gasteiger charge is 2.16. The van der Waals surface area contributed by atoms with Crippen molar-refractivity contribution in [3.05, 3.63) is 127 Å². The zero-order valence-corrected chi connectivity index (χ0v) is 23.3. The Bertz CT molecular complexity index is 2000. The molecule has 0 saturated heterocycles. The van der Waals surface area contributed by atoms with Crippen molar-refractivity contribution in [1.82, 2.24) is 15.0 Å². The number of aromatic nitrogens is 3. The molecular formula is C37H29N3O. The third-order valence-corrected chi connectivity index (χ3v) is 7.53. The van der Waals surface area contributed by atoms with Gasteiger partial charge in [0.15, 0.2) is 17.5 Å². The van der Waals surface area contributed by atoms with Crippen LogP contribution in [-0.2, 0) is 5.41 Å². The van der Waals surface area contributed by atoms with E-state index in [0.717, 1.165) is 49.8 Å². The first-order chi connectivity index (χ1) is 19.9. The highest BCUT2D eigenvalue weighted by Crippen LogP contribution is 2.33. The molecule has 7 rings (SSSR count). The monoisotopic (exact) mass is 531 g/mol. The van der Waals surface area contributed by atoms with Gasteiger partial charge in [0.25, 0.3) is 0 Å². The molecule has 0 fully saturated rings. The van der Waals surface area contributed by atoms with E-state index in [1.54, 1.807) is 0 Å². The van der Waals surface area contributed by atoms with Crippen LogP contribution >= 0.6 is 0 Å². The number of benzene rings is 5. The Balaban J connectivity index is 1.27. The zero-order valence-electron chi connectivity index (χ0n) is 23.3. The molecule has 7 aromatic rings. The summed E-state index contributed by atoms with van der Waals surface area (Å²) in [4.78, 5) is 14.7. The quantitative estimate of drug-likeness (QED) is 0.227. The molecular weight excluding hydrogens is 502 g/mol. The lowest BCUT2D eigenvalue weighted by molar-refractivity contribution is 0.590. The number of rotatable bonds is 4. The van der Waals surface area contributed by atoms with Gasteiger partial charge >= 0.3 is 0 Å². The lowest BCUT2D eigenvalue weighted by Crippen LogP contribution is -2.10. The predicted octanol–water partition coefficient (Wildman–Crippen LogP) is 9.74. The lowest BCUT2D eigenvalue weighted by Gasteiger charge is -2.19. The molecule has 0 aliphatic rings. The summed E-state index contributed by atoms with van der Waals surface area (Å²) < 4.78 is 6.12. The molecule has 0 saturated carbocycles. The van der Waals surface area contributed by atoms with Crippen LogP contribution in [0.4, 0.5) is 0 Å². The SMILES string of the molecule is CC(C)(C)c1ccc(-c2nc(-c3ccccc3)nc(-c3ccc(-c4ccc5c(c4)oc4ccccc45)cc3)n2)cc1. The van der Waals surface area contributed by atoms with Crippen LogP contribution in [-0.4, -0.2) is 15.0 Å². The Kier molecular flexibility index (Phi) is 5.97. The molecule has 0 spiro atoms. The third kappa shape index (κ3) is 4.78. The van der Waals surface area contributed by atoms with Gasteiger partial charge in [0, 0.05) is 27.5 Å². The van der Waals surface area contributed by atoms with Crippen molar-refractivity contribution < 1.29 is 4.42 Å². The molecule has 0 atom stereocenters. The molecule has 0 unspecified atom stereocenters. The Morgan fingerprint density at radius 3 is 1.56 bits per heavy atom. The molecule has 2 heterocycles. The molecule has 4 heteroatoms. The third-order valence-electron chi connectivity index (χ3n) is 7.53. The van der Waals surface area contributed by atoms with Gasteiger partial charge in [0.2, 0.25) is 0 Å². The van der Waals surface area contributed by atoms with Crippen molar-refractivity contribution in [1.29, 1.82) is 0 Å². The van der Waals surface area contributed by atoms with Crippen LogP contribution in [0.2, 0.25) is 0 Å². The first kappa shape index (κ1) is 24.9. The van der Waals surface area contributed by atoms with Crippen molar-refractivity contribution in [2.75, 3.05) is 0 Å². The number of para-hydroxylation sites is 1. The van der Waals surface area contributed by atoms with Crippen LogP contribution in [0.1, 0.15) is 26.3 Å². The van der Waals surface area contributed by atoms with Gasteiger partial charge in [-0.1, -0.05) is 124 Å². The summed E-state index contributed by atoms with van der Waals surface area (Å²) in [7, 11) is 0. The van der Waals surface area contributed by atoms with Crippen LogP contribution < -0.4 is 0 Å². The number of nitrogens with zero attached hydrogens (tertiary/aromatic N) is 3. The Labute approximate surface area is 239 Å². The fraction of sp³-hybridized carbons (Fsp3) is 0.108. The molecule has 4 nitrogen and oxygen atoms in total. The smallest absolute Gasteiger partial charge is 0.164 e. The topological polar surface area (TPSA) is 51.8 Å². The molecule has 198 valence electrons. The number of hydrogen-bond donors (Lipinski definition) is 0. The fourth-order valence-corrected chi connectivity index (χ4v) is 5.19. The van der Waals surface area contributed by atoms with Crippen LogP contribution in [0.15, 0.2) is 126 Å². The first-order valence-electron chi connectivity index (χ1n) is 13.9. The Morgan fingerprint density at radius 1 is 0.439 bits per heavy atom. The van der Waals surface area contributed by atoms with Gasteiger partial charge in [0.1, 0.15) is 11.2 Å². The maximum atomic E-state index is 6.12. The van der Waals surface area contributed by atoms with Crippen molar-refractivity contribution in [3.63, 3.8) is 0 Å². The maximum absolute atomic E-state index is 6.12. The average molecular weight is 532 g/mol. The summed E-state index contributed by atoms with van der Waals surface area (Å²) in [5.74, 6) is 1.96. The molecule has 0 N–H and O–H groups in total. The molecule has 0 amide bonds. The first-order valence-corrected chi connectivity index (χ1v) is 13.9. The number of hydrogen-bond acceptors (Lipinski definition) is 4. The summed E-state index contributed by atoms with van der Waals surface area (Å²) in [6.07, 6.45) is 0. The van der Waals surface area contributed by atoms with Crippen LogP contribution in [0.25, 0.3) is 67.2 Å². The van der Waals surface area contributed by atoms with Gasteiger partial charge in [-0.2, -0.15) is 0 Å². The van der Waals surface area contributed by atoms with E-state index in [0.29, 0.717) is 17.5 Å². The summed E-state index contributed by atoms with van der Waals surface area (Å²) in [6, 6.07) is 41.5. The fourth-order valence-electron chi connectivity index (χ4n) is 5.19. The van der Waals surface area contributed by atoms with Gasteiger partial charge in [0.05, 0.1) is 0 Å². The molecule has 0 aliphatic carbocycles. The molecule has 0 radical (unpaired) electrons. The van der Waals surface area contributed by atoms with Gasteiger partial charge < -0.3 is 4.42 Å². The van der Waals surface area contributed by atoms with E-state index in [2.05, 4.69) is 93.6 Å². The lowest BCUT2D eigenvalue weighted by atomic mass is 9.87. The van der Waals surface area contributed by atoms with E-state index in [9.17, 15) is 0 Å². The predicted molar refractivity (Wildman–Crippen MR) is 168 cm³/mol. The summed E-state index contributed by atoms with van der Waals surface area (Å²) >= 11 is 0. The summed E-state index contributed by atoms with van der Waals surface area (Å²) in [5.41, 5.74) is 8.21. The van der Waals surface area contributed by atoms with Gasteiger partial charge in [-0.05, 0) is 40.3 Å². The van der Waals surface area contributed by atoms with Crippen LogP contribution in [0.5, 0.6) is 0 Å². The normalized spacial score (nSPS) is 11.8. The minimum atomic E-state index is 0.0780. The van der Waals surface area contributed by atoms with Gasteiger partial charge in [-0.15, -0.1) is 0 Å². The van der Waals surface area contributed by atoms with E-state index in [4.69, 9.17) is 19.4 Å². The van der Waals surface area contributed by atoms with Gasteiger partial charge in [-0.3, -0.25) is 0 Å². The standard InChI is InChI=1S/C37H29N3O/c1-37(2,3)29-20-17-27(18-21-29)36-39-34(25-9-5-4-6-10-25)38-35(40-36)26-15-13-24(14-16-26)28-19-22-31-30-11-7-8-12-32(30)41-33(31)23-28/h4-23H,1-3H3. The van der Waals surface area contributed by atoms with Crippen LogP contribution in [0.3, 0.4) is 0 Å². The summed E-state index contributed by atoms with van der Waals surface area (Å²) in [6.45, 7) is 6.65. The highest BCUT2D eigenvalue weighted by molar-refractivity contribution is 6.05. The van der Waals surface area contributed by atoms with E-state index in [1.165, 1.54) is 5.56 Å². The maximum Gasteiger partial charge on any atom is 0.164 e. The molecule has 5 aromatic carbocycles. The van der Waals surface area contributed by atoms with E-state index < -0.39 is 0 Å².